The van der Waals surface area contributed by atoms with Gasteiger partial charge in [0, 0.05) is 35.6 Å². The van der Waals surface area contributed by atoms with Crippen LogP contribution in [0.25, 0.3) is 0 Å². The molecule has 2 atom stereocenters. The standard InChI is InChI=1S/C22H16N6O6/c29-21-15-9-13(27(31)32)4-6-17(15)23-19(25-21)11-2-1-3-12(8-11)20-24-18-7-5-14(28(33)34)10-16(18)22(30)26-20/h1-10,19-20,23-24H,(H,25,29)(H,26,30). The summed E-state index contributed by atoms with van der Waals surface area (Å²) in [6.07, 6.45) is -1.20. The zero-order valence-corrected chi connectivity index (χ0v) is 17.3. The van der Waals surface area contributed by atoms with Gasteiger partial charge in [0.2, 0.25) is 0 Å². The van der Waals surface area contributed by atoms with E-state index in [1.165, 1.54) is 36.4 Å². The molecule has 2 unspecified atom stereocenters. The van der Waals surface area contributed by atoms with Gasteiger partial charge in [0.15, 0.2) is 0 Å². The first kappa shape index (κ1) is 20.9. The van der Waals surface area contributed by atoms with Crippen molar-refractivity contribution in [1.29, 1.82) is 0 Å². The van der Waals surface area contributed by atoms with Crippen LogP contribution in [0.15, 0.2) is 60.7 Å². The van der Waals surface area contributed by atoms with Crippen molar-refractivity contribution < 1.29 is 19.4 Å². The highest BCUT2D eigenvalue weighted by molar-refractivity contribution is 6.03. The predicted octanol–water partition coefficient (Wildman–Crippen LogP) is 3.21. The fraction of sp³-hybridized carbons (Fsp3) is 0.0909. The van der Waals surface area contributed by atoms with Crippen LogP contribution in [0.2, 0.25) is 0 Å². The van der Waals surface area contributed by atoms with E-state index in [0.29, 0.717) is 22.5 Å². The van der Waals surface area contributed by atoms with Gasteiger partial charge >= 0.3 is 0 Å². The maximum atomic E-state index is 12.6. The third-order valence-electron chi connectivity index (χ3n) is 5.65. The molecule has 0 spiro atoms. The van der Waals surface area contributed by atoms with Crippen LogP contribution in [0.4, 0.5) is 22.7 Å². The molecule has 2 aliphatic rings. The molecule has 3 aromatic carbocycles. The van der Waals surface area contributed by atoms with Crippen LogP contribution in [-0.4, -0.2) is 21.7 Å². The number of nitrogens with zero attached hydrogens (tertiary/aromatic N) is 2. The number of fused-ring (bicyclic) bond motifs is 2. The quantitative estimate of drug-likeness (QED) is 0.340. The Bertz CT molecular complexity index is 1290. The molecule has 2 amide bonds. The number of benzene rings is 3. The normalized spacial score (nSPS) is 18.4. The van der Waals surface area contributed by atoms with Crippen molar-refractivity contribution in [2.24, 2.45) is 0 Å². The minimum absolute atomic E-state index is 0.175. The summed E-state index contributed by atoms with van der Waals surface area (Å²) in [7, 11) is 0. The van der Waals surface area contributed by atoms with E-state index in [2.05, 4.69) is 21.3 Å². The lowest BCUT2D eigenvalue weighted by Gasteiger charge is -2.30. The van der Waals surface area contributed by atoms with Crippen LogP contribution < -0.4 is 21.3 Å². The molecule has 3 aromatic rings. The Hall–Kier alpha value is -5.00. The molecule has 4 N–H and O–H groups in total. The Morgan fingerprint density at radius 3 is 1.47 bits per heavy atom. The molecule has 12 nitrogen and oxygen atoms in total. The van der Waals surface area contributed by atoms with E-state index in [4.69, 9.17) is 0 Å². The first-order chi connectivity index (χ1) is 16.3. The number of carbonyl (C=O) groups excluding carboxylic acids is 2. The van der Waals surface area contributed by atoms with Crippen molar-refractivity contribution in [3.63, 3.8) is 0 Å². The van der Waals surface area contributed by atoms with Crippen molar-refractivity contribution in [3.05, 3.63) is 103 Å². The minimum atomic E-state index is -0.601. The summed E-state index contributed by atoms with van der Waals surface area (Å²) >= 11 is 0. The largest absolute Gasteiger partial charge is 0.361 e. The first-order valence-electron chi connectivity index (χ1n) is 10.1. The zero-order valence-electron chi connectivity index (χ0n) is 17.3. The van der Waals surface area contributed by atoms with Crippen LogP contribution in [0.3, 0.4) is 0 Å². The lowest BCUT2D eigenvalue weighted by molar-refractivity contribution is -0.385. The highest BCUT2D eigenvalue weighted by Crippen LogP contribution is 2.32. The third-order valence-corrected chi connectivity index (χ3v) is 5.65. The Morgan fingerprint density at radius 2 is 1.06 bits per heavy atom. The fourth-order valence-electron chi connectivity index (χ4n) is 3.97. The maximum Gasteiger partial charge on any atom is 0.270 e. The van der Waals surface area contributed by atoms with Gasteiger partial charge < -0.3 is 21.3 Å². The topological polar surface area (TPSA) is 169 Å². The summed E-state index contributed by atoms with van der Waals surface area (Å²) in [6, 6.07) is 15.2. The number of anilines is 2. The van der Waals surface area contributed by atoms with E-state index < -0.39 is 34.0 Å². The molecular formula is C22H16N6O6. The fourth-order valence-corrected chi connectivity index (χ4v) is 3.97. The summed E-state index contributed by atoms with van der Waals surface area (Å²) in [5, 5.41) is 33.9. The highest BCUT2D eigenvalue weighted by atomic mass is 16.6. The van der Waals surface area contributed by atoms with Crippen LogP contribution >= 0.6 is 0 Å². The van der Waals surface area contributed by atoms with Crippen molar-refractivity contribution in [1.82, 2.24) is 10.6 Å². The molecule has 0 bridgehead atoms. The van der Waals surface area contributed by atoms with Crippen molar-refractivity contribution in [3.8, 4) is 0 Å². The third kappa shape index (κ3) is 3.62. The van der Waals surface area contributed by atoms with Crippen molar-refractivity contribution >= 4 is 34.6 Å². The number of amides is 2. The number of nitrogens with one attached hydrogen (secondary N) is 4. The zero-order chi connectivity index (χ0) is 24.0. The van der Waals surface area contributed by atoms with E-state index in [1.54, 1.807) is 24.3 Å². The van der Waals surface area contributed by atoms with Gasteiger partial charge in [-0.1, -0.05) is 18.2 Å². The van der Waals surface area contributed by atoms with Crippen LogP contribution in [0.1, 0.15) is 44.2 Å². The molecule has 0 aliphatic carbocycles. The van der Waals surface area contributed by atoms with Gasteiger partial charge in [0.1, 0.15) is 12.3 Å². The summed E-state index contributed by atoms with van der Waals surface area (Å²) in [4.78, 5) is 46.1. The monoisotopic (exact) mass is 460 g/mol. The molecule has 2 heterocycles. The molecule has 170 valence electrons. The van der Waals surface area contributed by atoms with E-state index in [9.17, 15) is 29.8 Å². The van der Waals surface area contributed by atoms with Crippen LogP contribution in [0, 0.1) is 20.2 Å². The van der Waals surface area contributed by atoms with E-state index in [0.717, 1.165) is 0 Å². The van der Waals surface area contributed by atoms with Crippen molar-refractivity contribution in [2.75, 3.05) is 10.6 Å². The molecule has 34 heavy (non-hydrogen) atoms. The second-order valence-electron chi connectivity index (χ2n) is 7.75. The first-order valence-corrected chi connectivity index (χ1v) is 10.1. The lowest BCUT2D eigenvalue weighted by Crippen LogP contribution is -2.39. The van der Waals surface area contributed by atoms with Gasteiger partial charge in [-0.05, 0) is 29.3 Å². The Labute approximate surface area is 191 Å². The number of nitro groups is 2. The number of hydrogen-bond donors (Lipinski definition) is 4. The van der Waals surface area contributed by atoms with E-state index >= 15 is 0 Å². The molecule has 2 aliphatic heterocycles. The average molecular weight is 460 g/mol. The predicted molar refractivity (Wildman–Crippen MR) is 120 cm³/mol. The molecular weight excluding hydrogens is 444 g/mol. The minimum Gasteiger partial charge on any atom is -0.361 e. The smallest absolute Gasteiger partial charge is 0.270 e. The number of non-ortho nitro benzene ring substituents is 2. The summed E-state index contributed by atoms with van der Waals surface area (Å²) in [6.45, 7) is 0. The number of rotatable bonds is 4. The molecule has 0 radical (unpaired) electrons. The summed E-state index contributed by atoms with van der Waals surface area (Å²) in [5.74, 6) is -0.903. The van der Waals surface area contributed by atoms with E-state index in [1.807, 2.05) is 0 Å². The Morgan fingerprint density at radius 1 is 0.618 bits per heavy atom. The SMILES string of the molecule is O=C1NC(c2cccc(C3NC(=O)c4cc([N+](=O)[O-])ccc4N3)c2)Nc2ccc([N+](=O)[O-])cc21. The highest BCUT2D eigenvalue weighted by Gasteiger charge is 2.29. The molecule has 0 fully saturated rings. The number of hydrogen-bond acceptors (Lipinski definition) is 8. The Kier molecular flexibility index (Phi) is 4.82. The molecule has 0 aromatic heterocycles. The molecule has 12 heteroatoms. The van der Waals surface area contributed by atoms with Gasteiger partial charge in [-0.15, -0.1) is 0 Å². The van der Waals surface area contributed by atoms with Crippen LogP contribution in [0.5, 0.6) is 0 Å². The van der Waals surface area contributed by atoms with Crippen molar-refractivity contribution in [2.45, 2.75) is 12.3 Å². The molecule has 5 rings (SSSR count). The summed E-state index contributed by atoms with van der Waals surface area (Å²) < 4.78 is 0. The molecule has 0 saturated heterocycles. The van der Waals surface area contributed by atoms with Gasteiger partial charge in [-0.2, -0.15) is 0 Å². The maximum absolute atomic E-state index is 12.6. The summed E-state index contributed by atoms with van der Waals surface area (Å²) in [5.41, 5.74) is 2.30. The number of nitro benzene ring substituents is 2. The molecule has 0 saturated carbocycles. The van der Waals surface area contributed by atoms with Gasteiger partial charge in [0.25, 0.3) is 23.2 Å². The average Bonchev–Trinajstić information content (AvgIpc) is 2.83. The van der Waals surface area contributed by atoms with Gasteiger partial charge in [-0.3, -0.25) is 29.8 Å². The Balaban J connectivity index is 1.40. The second kappa shape index (κ2) is 7.85. The second-order valence-corrected chi connectivity index (χ2v) is 7.75. The number of carbonyl (C=O) groups is 2. The van der Waals surface area contributed by atoms with Gasteiger partial charge in [0.05, 0.1) is 21.0 Å². The lowest BCUT2D eigenvalue weighted by atomic mass is 10.0. The van der Waals surface area contributed by atoms with Crippen LogP contribution in [-0.2, 0) is 0 Å². The van der Waals surface area contributed by atoms with E-state index in [-0.39, 0.29) is 22.5 Å². The van der Waals surface area contributed by atoms with Gasteiger partial charge in [-0.25, -0.2) is 0 Å².